The summed E-state index contributed by atoms with van der Waals surface area (Å²) in [4.78, 5) is 13.6. The van der Waals surface area contributed by atoms with Crippen molar-refractivity contribution in [2.24, 2.45) is 0 Å². The average Bonchev–Trinajstić information content (AvgIpc) is 2.95. The summed E-state index contributed by atoms with van der Waals surface area (Å²) < 4.78 is 66.3. The Morgan fingerprint density at radius 2 is 1.74 bits per heavy atom. The average molecular weight is 605 g/mol. The number of nitrogens with zero attached hydrogens (tertiary/aromatic N) is 1. The van der Waals surface area contributed by atoms with Crippen molar-refractivity contribution in [3.05, 3.63) is 89.5 Å². The number of rotatable bonds is 11. The molecule has 226 valence electrons. The van der Waals surface area contributed by atoms with E-state index < -0.39 is 39.8 Å². The zero-order valence-electron chi connectivity index (χ0n) is 23.2. The summed E-state index contributed by atoms with van der Waals surface area (Å²) in [5.41, 5.74) is 1.36. The van der Waals surface area contributed by atoms with Crippen molar-refractivity contribution in [2.45, 2.75) is 44.5 Å². The molecule has 1 aliphatic rings. The van der Waals surface area contributed by atoms with Gasteiger partial charge in [0.2, 0.25) is 10.0 Å². The standard InChI is InChI=1S/C30H35F3N4O4S/c1-2-34-25-16-22(17-26(19-25)37-13-6-7-14-42(37,40)41)29(39)36-27(15-21-9-4-3-5-10-21)28(38)20-35-24-12-8-11-23(18-24)30(31,32)33/h3-5,8-12,16-19,27-28,34-35,38H,2,6-7,13-15,20H2,1H3,(H,36,39)/t27-,28+/m0/s1. The van der Waals surface area contributed by atoms with Crippen molar-refractivity contribution < 1.29 is 31.5 Å². The predicted octanol–water partition coefficient (Wildman–Crippen LogP) is 4.88. The molecule has 0 aliphatic carbocycles. The van der Waals surface area contributed by atoms with Crippen LogP contribution >= 0.6 is 0 Å². The third-order valence-corrected chi connectivity index (χ3v) is 8.85. The van der Waals surface area contributed by atoms with E-state index in [-0.39, 0.29) is 30.0 Å². The quantitative estimate of drug-likeness (QED) is 0.248. The second-order valence-electron chi connectivity index (χ2n) is 10.2. The molecule has 3 aromatic rings. The molecule has 1 saturated heterocycles. The summed E-state index contributed by atoms with van der Waals surface area (Å²) in [5, 5.41) is 20.0. The lowest BCUT2D eigenvalue weighted by molar-refractivity contribution is -0.137. The molecule has 0 bridgehead atoms. The molecule has 8 nitrogen and oxygen atoms in total. The second kappa shape index (κ2) is 13.5. The fraction of sp³-hybridized carbons (Fsp3) is 0.367. The molecule has 3 aromatic carbocycles. The molecule has 42 heavy (non-hydrogen) atoms. The molecule has 1 heterocycles. The molecule has 2 atom stereocenters. The van der Waals surface area contributed by atoms with Gasteiger partial charge < -0.3 is 21.1 Å². The third kappa shape index (κ3) is 8.16. The lowest BCUT2D eigenvalue weighted by Crippen LogP contribution is -2.47. The van der Waals surface area contributed by atoms with Gasteiger partial charge in [0.25, 0.3) is 5.91 Å². The number of hydrogen-bond acceptors (Lipinski definition) is 6. The summed E-state index contributed by atoms with van der Waals surface area (Å²) in [6.07, 6.45) is -4.16. The van der Waals surface area contributed by atoms with Crippen LogP contribution in [0.5, 0.6) is 0 Å². The summed E-state index contributed by atoms with van der Waals surface area (Å²) in [6, 6.07) is 17.9. The van der Waals surface area contributed by atoms with Gasteiger partial charge in [-0.05, 0) is 68.1 Å². The first-order chi connectivity index (χ1) is 20.0. The second-order valence-corrected chi connectivity index (χ2v) is 12.2. The molecule has 4 rings (SSSR count). The maximum absolute atomic E-state index is 13.6. The van der Waals surface area contributed by atoms with Gasteiger partial charge in [-0.15, -0.1) is 0 Å². The maximum Gasteiger partial charge on any atom is 0.416 e. The van der Waals surface area contributed by atoms with Crippen molar-refractivity contribution in [1.29, 1.82) is 0 Å². The minimum Gasteiger partial charge on any atom is -0.389 e. The number of benzene rings is 3. The number of sulfonamides is 1. The van der Waals surface area contributed by atoms with Gasteiger partial charge in [0.1, 0.15) is 0 Å². The van der Waals surface area contributed by atoms with Crippen molar-refractivity contribution in [3.8, 4) is 0 Å². The minimum atomic E-state index is -4.51. The Labute approximate surface area is 244 Å². The largest absolute Gasteiger partial charge is 0.416 e. The van der Waals surface area contributed by atoms with E-state index in [1.807, 2.05) is 37.3 Å². The zero-order chi connectivity index (χ0) is 30.3. The van der Waals surface area contributed by atoms with Crippen LogP contribution in [0.25, 0.3) is 0 Å². The SMILES string of the molecule is CCNc1cc(C(=O)N[C@@H](Cc2ccccc2)[C@H](O)CNc2cccc(C(F)(F)F)c2)cc(N2CCCCS2(=O)=O)c1. The molecule has 12 heteroatoms. The number of amides is 1. The van der Waals surface area contributed by atoms with E-state index >= 15 is 0 Å². The summed E-state index contributed by atoms with van der Waals surface area (Å²) >= 11 is 0. The van der Waals surface area contributed by atoms with E-state index in [1.165, 1.54) is 22.5 Å². The number of anilines is 3. The number of carbonyl (C=O) groups is 1. The first kappa shape index (κ1) is 31.2. The minimum absolute atomic E-state index is 0.0319. The Bertz CT molecular complexity index is 1470. The molecule has 1 fully saturated rings. The first-order valence-electron chi connectivity index (χ1n) is 13.8. The number of hydrogen-bond donors (Lipinski definition) is 4. The van der Waals surface area contributed by atoms with Gasteiger partial charge in [-0.1, -0.05) is 36.4 Å². The summed E-state index contributed by atoms with van der Waals surface area (Å²) in [7, 11) is -3.52. The van der Waals surface area contributed by atoms with Crippen LogP contribution in [0.3, 0.4) is 0 Å². The number of aliphatic hydroxyl groups excluding tert-OH is 1. The fourth-order valence-electron chi connectivity index (χ4n) is 4.84. The molecule has 0 radical (unpaired) electrons. The van der Waals surface area contributed by atoms with Gasteiger partial charge >= 0.3 is 6.18 Å². The van der Waals surface area contributed by atoms with Crippen LogP contribution in [-0.2, 0) is 22.6 Å². The van der Waals surface area contributed by atoms with Crippen molar-refractivity contribution >= 4 is 33.0 Å². The Kier molecular flexibility index (Phi) is 10.00. The van der Waals surface area contributed by atoms with Crippen LogP contribution in [-0.4, -0.2) is 57.0 Å². The predicted molar refractivity (Wildman–Crippen MR) is 158 cm³/mol. The maximum atomic E-state index is 13.6. The van der Waals surface area contributed by atoms with E-state index in [0.29, 0.717) is 37.3 Å². The number of alkyl halides is 3. The van der Waals surface area contributed by atoms with Gasteiger partial charge in [-0.3, -0.25) is 9.10 Å². The van der Waals surface area contributed by atoms with Crippen molar-refractivity contribution in [3.63, 3.8) is 0 Å². The van der Waals surface area contributed by atoms with Crippen LogP contribution in [0.15, 0.2) is 72.8 Å². The number of nitrogens with one attached hydrogen (secondary N) is 3. The lowest BCUT2D eigenvalue weighted by atomic mass is 10.00. The van der Waals surface area contributed by atoms with Gasteiger partial charge in [0, 0.05) is 36.6 Å². The van der Waals surface area contributed by atoms with E-state index in [9.17, 15) is 31.5 Å². The molecular weight excluding hydrogens is 569 g/mol. The third-order valence-electron chi connectivity index (χ3n) is 6.98. The first-order valence-corrected chi connectivity index (χ1v) is 15.4. The van der Waals surface area contributed by atoms with Gasteiger partial charge in [0.15, 0.2) is 0 Å². The lowest BCUT2D eigenvalue weighted by Gasteiger charge is -2.29. The highest BCUT2D eigenvalue weighted by Gasteiger charge is 2.31. The van der Waals surface area contributed by atoms with Crippen LogP contribution in [0, 0.1) is 0 Å². The molecule has 0 unspecified atom stereocenters. The Morgan fingerprint density at radius 1 is 0.976 bits per heavy atom. The fourth-order valence-corrected chi connectivity index (χ4v) is 6.47. The van der Waals surface area contributed by atoms with E-state index in [1.54, 1.807) is 12.1 Å². The molecule has 1 aliphatic heterocycles. The molecule has 0 spiro atoms. The highest BCUT2D eigenvalue weighted by molar-refractivity contribution is 7.92. The van der Waals surface area contributed by atoms with Gasteiger partial charge in [0.05, 0.1) is 29.1 Å². The van der Waals surface area contributed by atoms with Crippen LogP contribution in [0.1, 0.15) is 41.3 Å². The van der Waals surface area contributed by atoms with E-state index in [4.69, 9.17) is 0 Å². The molecule has 0 saturated carbocycles. The summed E-state index contributed by atoms with van der Waals surface area (Å²) in [6.45, 7) is 2.62. The Morgan fingerprint density at radius 3 is 2.43 bits per heavy atom. The molecule has 0 aromatic heterocycles. The summed E-state index contributed by atoms with van der Waals surface area (Å²) in [5.74, 6) is -0.492. The molecule has 4 N–H and O–H groups in total. The van der Waals surface area contributed by atoms with Crippen LogP contribution in [0.4, 0.5) is 30.2 Å². The number of aliphatic hydroxyl groups is 1. The Balaban J connectivity index is 1.57. The van der Waals surface area contributed by atoms with Crippen molar-refractivity contribution in [2.75, 3.05) is 40.3 Å². The van der Waals surface area contributed by atoms with Gasteiger partial charge in [-0.25, -0.2) is 8.42 Å². The highest BCUT2D eigenvalue weighted by atomic mass is 32.2. The van der Waals surface area contributed by atoms with E-state index in [0.717, 1.165) is 17.7 Å². The van der Waals surface area contributed by atoms with Gasteiger partial charge in [-0.2, -0.15) is 13.2 Å². The Hall–Kier alpha value is -3.77. The molecular formula is C30H35F3N4O4S. The number of carbonyl (C=O) groups excluding carboxylic acids is 1. The smallest absolute Gasteiger partial charge is 0.389 e. The highest BCUT2D eigenvalue weighted by Crippen LogP contribution is 2.31. The normalized spacial score (nSPS) is 16.4. The number of halogens is 3. The van der Waals surface area contributed by atoms with Crippen molar-refractivity contribution in [1.82, 2.24) is 5.32 Å². The van der Waals surface area contributed by atoms with E-state index in [2.05, 4.69) is 16.0 Å². The monoisotopic (exact) mass is 604 g/mol. The van der Waals surface area contributed by atoms with Crippen LogP contribution in [0.2, 0.25) is 0 Å². The zero-order valence-corrected chi connectivity index (χ0v) is 24.0. The van der Waals surface area contributed by atoms with Crippen LogP contribution < -0.4 is 20.3 Å². The topological polar surface area (TPSA) is 111 Å². The molecule has 1 amide bonds.